The average molecular weight is 478 g/mol. The molecular formula is C28H39N5O2. The lowest BCUT2D eigenvalue weighted by Crippen LogP contribution is -2.61. The Morgan fingerprint density at radius 1 is 1.06 bits per heavy atom. The molecule has 6 N–H and O–H groups in total. The standard InChI is InChI=1S/C28H39N5O2/c1-27(2)16-21(17-28(3,4)31-27)32(5)25(30)11-10-23(29)22-9-6-18(14-24(22)34)19-12-13-33(20-7-8-20)26(35)15-19/h6,9-15,20-21,31,34H,7-8,16-17,29-30H2,1-5H3/b23-10-,25-11+. The van der Waals surface area contributed by atoms with E-state index in [1.807, 2.05) is 25.4 Å². The quantitative estimate of drug-likeness (QED) is 0.470. The lowest BCUT2D eigenvalue weighted by atomic mass is 9.79. The van der Waals surface area contributed by atoms with Gasteiger partial charge in [-0.25, -0.2) is 0 Å². The Labute approximate surface area is 208 Å². The number of nitrogens with two attached hydrogens (primary N) is 2. The molecule has 1 aromatic carbocycles. The molecule has 2 fully saturated rings. The van der Waals surface area contributed by atoms with Gasteiger partial charge in [0.15, 0.2) is 0 Å². The zero-order valence-corrected chi connectivity index (χ0v) is 21.5. The first kappa shape index (κ1) is 24.9. The minimum Gasteiger partial charge on any atom is -0.507 e. The van der Waals surface area contributed by atoms with Gasteiger partial charge in [0.2, 0.25) is 0 Å². The smallest absolute Gasteiger partial charge is 0.251 e. The maximum Gasteiger partial charge on any atom is 0.251 e. The Morgan fingerprint density at radius 3 is 2.26 bits per heavy atom. The van der Waals surface area contributed by atoms with Gasteiger partial charge >= 0.3 is 0 Å². The van der Waals surface area contributed by atoms with Crippen molar-refractivity contribution in [2.75, 3.05) is 7.05 Å². The number of hydrogen-bond acceptors (Lipinski definition) is 6. The number of nitrogens with zero attached hydrogens (tertiary/aromatic N) is 2. The second kappa shape index (κ2) is 9.11. The number of phenolic OH excluding ortho intramolecular Hbond substituents is 1. The zero-order valence-electron chi connectivity index (χ0n) is 21.5. The van der Waals surface area contributed by atoms with Crippen LogP contribution in [0.3, 0.4) is 0 Å². The van der Waals surface area contributed by atoms with E-state index in [0.29, 0.717) is 29.2 Å². The number of piperidine rings is 1. The summed E-state index contributed by atoms with van der Waals surface area (Å²) >= 11 is 0. The Hall–Kier alpha value is -3.19. The monoisotopic (exact) mass is 477 g/mol. The van der Waals surface area contributed by atoms with Gasteiger partial charge in [-0.2, -0.15) is 0 Å². The molecule has 2 aliphatic rings. The summed E-state index contributed by atoms with van der Waals surface area (Å²) in [6.45, 7) is 8.88. The Kier molecular flexibility index (Phi) is 6.49. The number of hydrogen-bond donors (Lipinski definition) is 4. The molecule has 1 aliphatic heterocycles. The maximum absolute atomic E-state index is 12.4. The van der Waals surface area contributed by atoms with Crippen molar-refractivity contribution in [2.24, 2.45) is 11.5 Å². The van der Waals surface area contributed by atoms with Gasteiger partial charge in [-0.15, -0.1) is 0 Å². The second-order valence-electron chi connectivity index (χ2n) is 11.4. The Bertz CT molecular complexity index is 1200. The molecule has 0 unspecified atom stereocenters. The highest BCUT2D eigenvalue weighted by molar-refractivity contribution is 5.74. The molecule has 0 bridgehead atoms. The minimum absolute atomic E-state index is 0.0155. The predicted octanol–water partition coefficient (Wildman–Crippen LogP) is 3.90. The van der Waals surface area contributed by atoms with Gasteiger partial charge in [-0.1, -0.05) is 6.07 Å². The van der Waals surface area contributed by atoms with Crippen LogP contribution in [0.15, 0.2) is 59.3 Å². The van der Waals surface area contributed by atoms with Crippen molar-refractivity contribution in [3.8, 4) is 16.9 Å². The van der Waals surface area contributed by atoms with Crippen molar-refractivity contribution < 1.29 is 5.11 Å². The van der Waals surface area contributed by atoms with Crippen LogP contribution >= 0.6 is 0 Å². The molecule has 7 nitrogen and oxygen atoms in total. The van der Waals surface area contributed by atoms with Crippen molar-refractivity contribution in [3.05, 3.63) is 70.4 Å². The summed E-state index contributed by atoms with van der Waals surface area (Å²) in [6.07, 6.45) is 9.44. The molecule has 0 amide bonds. The van der Waals surface area contributed by atoms with E-state index in [1.54, 1.807) is 34.9 Å². The summed E-state index contributed by atoms with van der Waals surface area (Å²) in [4.78, 5) is 14.5. The minimum atomic E-state index is -0.0155. The summed E-state index contributed by atoms with van der Waals surface area (Å²) in [7, 11) is 2.02. The van der Waals surface area contributed by atoms with Gasteiger partial charge in [0.1, 0.15) is 5.75 Å². The fraction of sp³-hybridized carbons (Fsp3) is 0.464. The predicted molar refractivity (Wildman–Crippen MR) is 143 cm³/mol. The van der Waals surface area contributed by atoms with Crippen LogP contribution in [0.5, 0.6) is 5.75 Å². The van der Waals surface area contributed by atoms with Crippen LogP contribution in [0, 0.1) is 0 Å². The molecule has 1 aromatic heterocycles. The van der Waals surface area contributed by atoms with Crippen molar-refractivity contribution >= 4 is 5.70 Å². The van der Waals surface area contributed by atoms with Crippen molar-refractivity contribution in [1.82, 2.24) is 14.8 Å². The van der Waals surface area contributed by atoms with Crippen LogP contribution in [-0.4, -0.2) is 38.7 Å². The van der Waals surface area contributed by atoms with Gasteiger partial charge < -0.3 is 31.4 Å². The van der Waals surface area contributed by atoms with Gasteiger partial charge in [0.25, 0.3) is 5.56 Å². The molecule has 35 heavy (non-hydrogen) atoms. The van der Waals surface area contributed by atoms with Gasteiger partial charge in [0.05, 0.1) is 5.82 Å². The van der Waals surface area contributed by atoms with E-state index in [9.17, 15) is 9.90 Å². The van der Waals surface area contributed by atoms with E-state index in [1.165, 1.54) is 0 Å². The first-order chi connectivity index (χ1) is 16.3. The summed E-state index contributed by atoms with van der Waals surface area (Å²) in [5, 5.41) is 14.4. The molecule has 7 heteroatoms. The fourth-order valence-electron chi connectivity index (χ4n) is 5.41. The molecule has 4 rings (SSSR count). The number of rotatable bonds is 6. The summed E-state index contributed by atoms with van der Waals surface area (Å²) in [5.41, 5.74) is 15.2. The molecule has 1 aliphatic carbocycles. The average Bonchev–Trinajstić information content (AvgIpc) is 3.59. The highest BCUT2D eigenvalue weighted by atomic mass is 16.3. The van der Waals surface area contributed by atoms with E-state index in [0.717, 1.165) is 36.8 Å². The Morgan fingerprint density at radius 2 is 1.69 bits per heavy atom. The number of nitrogens with one attached hydrogen (secondary N) is 1. The van der Waals surface area contributed by atoms with Crippen LogP contribution in [0.25, 0.3) is 16.8 Å². The van der Waals surface area contributed by atoms with E-state index in [-0.39, 0.29) is 22.4 Å². The van der Waals surface area contributed by atoms with Crippen LogP contribution in [0.1, 0.15) is 65.0 Å². The first-order valence-electron chi connectivity index (χ1n) is 12.4. The van der Waals surface area contributed by atoms with Crippen LogP contribution < -0.4 is 22.3 Å². The second-order valence-corrected chi connectivity index (χ2v) is 11.4. The molecule has 188 valence electrons. The third-order valence-corrected chi connectivity index (χ3v) is 7.09. The third-order valence-electron chi connectivity index (χ3n) is 7.09. The molecule has 1 saturated heterocycles. The molecule has 1 saturated carbocycles. The number of allylic oxidation sites excluding steroid dienone is 2. The summed E-state index contributed by atoms with van der Waals surface area (Å²) < 4.78 is 1.78. The number of phenols is 1. The van der Waals surface area contributed by atoms with E-state index < -0.39 is 0 Å². The number of benzene rings is 1. The van der Waals surface area contributed by atoms with Crippen molar-refractivity contribution in [1.29, 1.82) is 0 Å². The van der Waals surface area contributed by atoms with Gasteiger partial charge in [-0.05, 0) is 94.9 Å². The van der Waals surface area contributed by atoms with Crippen molar-refractivity contribution in [2.45, 2.75) is 76.5 Å². The molecule has 0 radical (unpaired) electrons. The van der Waals surface area contributed by atoms with E-state index >= 15 is 0 Å². The van der Waals surface area contributed by atoms with Crippen LogP contribution in [-0.2, 0) is 0 Å². The van der Waals surface area contributed by atoms with E-state index in [4.69, 9.17) is 11.5 Å². The molecule has 2 aromatic rings. The first-order valence-corrected chi connectivity index (χ1v) is 12.4. The third kappa shape index (κ3) is 5.73. The lowest BCUT2D eigenvalue weighted by molar-refractivity contribution is 0.0981. The topological polar surface area (TPSA) is 110 Å². The van der Waals surface area contributed by atoms with Crippen LogP contribution in [0.2, 0.25) is 0 Å². The highest BCUT2D eigenvalue weighted by Crippen LogP contribution is 2.34. The number of aromatic nitrogens is 1. The fourth-order valence-corrected chi connectivity index (χ4v) is 5.41. The maximum atomic E-state index is 12.4. The number of aromatic hydroxyl groups is 1. The van der Waals surface area contributed by atoms with Crippen molar-refractivity contribution in [3.63, 3.8) is 0 Å². The van der Waals surface area contributed by atoms with E-state index in [2.05, 4.69) is 37.9 Å². The number of pyridine rings is 1. The zero-order chi connectivity index (χ0) is 25.5. The molecular weight excluding hydrogens is 438 g/mol. The SMILES string of the molecule is CN(/C(N)=C/C=C(\N)c1ccc(-c2ccn(C3CC3)c(=O)c2)cc1O)C1CC(C)(C)NC(C)(C)C1. The largest absolute Gasteiger partial charge is 0.507 e. The summed E-state index contributed by atoms with van der Waals surface area (Å²) in [6, 6.07) is 9.45. The molecule has 0 atom stereocenters. The van der Waals surface area contributed by atoms with Crippen LogP contribution in [0.4, 0.5) is 0 Å². The lowest BCUT2D eigenvalue weighted by Gasteiger charge is -2.49. The van der Waals surface area contributed by atoms with Gasteiger partial charge in [0, 0.05) is 53.7 Å². The molecule has 2 heterocycles. The summed E-state index contributed by atoms with van der Waals surface area (Å²) in [5.74, 6) is 0.684. The highest BCUT2D eigenvalue weighted by Gasteiger charge is 2.39. The Balaban J connectivity index is 1.50. The van der Waals surface area contributed by atoms with Gasteiger partial charge in [-0.3, -0.25) is 4.79 Å². The normalized spacial score (nSPS) is 20.6. The molecule has 0 spiro atoms.